The minimum atomic E-state index is -0.977. The summed E-state index contributed by atoms with van der Waals surface area (Å²) in [7, 11) is 2.40. The Morgan fingerprint density at radius 1 is 1.03 bits per heavy atom. The van der Waals surface area contributed by atoms with Gasteiger partial charge in [-0.15, -0.1) is 0 Å². The van der Waals surface area contributed by atoms with E-state index < -0.39 is 14.6 Å². The van der Waals surface area contributed by atoms with Gasteiger partial charge in [0.05, 0.1) is 11.7 Å². The largest absolute Gasteiger partial charge is 0.540 e. The molecule has 0 bridgehead atoms. The highest BCUT2D eigenvalue weighted by Gasteiger charge is 2.43. The molecule has 1 fully saturated rings. The van der Waals surface area contributed by atoms with Gasteiger partial charge < -0.3 is 18.7 Å². The van der Waals surface area contributed by atoms with Crippen molar-refractivity contribution in [1.29, 1.82) is 0 Å². The van der Waals surface area contributed by atoms with Crippen LogP contribution in [0.4, 0.5) is 0 Å². The van der Waals surface area contributed by atoms with E-state index in [1.807, 2.05) is 0 Å². The fourth-order valence-electron chi connectivity index (χ4n) is 4.74. The Labute approximate surface area is 189 Å². The minimum absolute atomic E-state index is 0.109. The smallest absolute Gasteiger partial charge is 0.341 e. The van der Waals surface area contributed by atoms with E-state index in [-0.39, 0.29) is 16.9 Å². The van der Waals surface area contributed by atoms with Gasteiger partial charge in [-0.05, 0) is 54.5 Å². The maximum Gasteiger partial charge on any atom is 0.341 e. The summed E-state index contributed by atoms with van der Waals surface area (Å²) in [6.07, 6.45) is 0.965. The standard InChI is InChI=1S/C24H40O4Si2/c1-15-16(2)19(24(25)11-13-26-14-12-24)20(27-29)17(18(15)22(3,4)5)21(23(6,7)8)28-30(9)10/h21,25H,11-14H2,1-10H3. The molecule has 2 rings (SSSR count). The van der Waals surface area contributed by atoms with Crippen LogP contribution in [-0.4, -0.2) is 37.8 Å². The zero-order valence-corrected chi connectivity index (χ0v) is 22.6. The molecule has 1 saturated heterocycles. The van der Waals surface area contributed by atoms with Gasteiger partial charge in [-0.25, -0.2) is 0 Å². The molecule has 0 saturated carbocycles. The molecule has 0 aromatic heterocycles. The number of ether oxygens (including phenoxy) is 1. The lowest BCUT2D eigenvalue weighted by Crippen LogP contribution is -2.37. The summed E-state index contributed by atoms with van der Waals surface area (Å²) in [5, 5.41) is 11.7. The van der Waals surface area contributed by atoms with Crippen molar-refractivity contribution in [2.24, 2.45) is 5.41 Å². The molecule has 0 spiro atoms. The molecule has 1 atom stereocenters. The van der Waals surface area contributed by atoms with E-state index in [4.69, 9.17) is 13.6 Å². The lowest BCUT2D eigenvalue weighted by molar-refractivity contribution is -0.0691. The Hall–Kier alpha value is -0.666. The zero-order chi connectivity index (χ0) is 23.1. The van der Waals surface area contributed by atoms with Gasteiger partial charge in [0.1, 0.15) is 5.75 Å². The van der Waals surface area contributed by atoms with Gasteiger partial charge in [-0.3, -0.25) is 0 Å². The molecule has 1 unspecified atom stereocenters. The highest BCUT2D eigenvalue weighted by molar-refractivity contribution is 6.48. The molecule has 4 radical (unpaired) electrons. The molecule has 6 heteroatoms. The highest BCUT2D eigenvalue weighted by Crippen LogP contribution is 2.52. The van der Waals surface area contributed by atoms with Gasteiger partial charge in [0.25, 0.3) is 0 Å². The molecule has 1 N–H and O–H groups in total. The molecule has 0 aliphatic carbocycles. The topological polar surface area (TPSA) is 47.9 Å². The maximum atomic E-state index is 11.7. The number of hydrogen-bond acceptors (Lipinski definition) is 4. The van der Waals surface area contributed by atoms with Crippen molar-refractivity contribution in [2.75, 3.05) is 13.2 Å². The minimum Gasteiger partial charge on any atom is -0.540 e. The quantitative estimate of drug-likeness (QED) is 0.611. The Bertz CT molecular complexity index is 754. The third-order valence-electron chi connectivity index (χ3n) is 6.09. The summed E-state index contributed by atoms with van der Waals surface area (Å²) in [6.45, 7) is 23.1. The summed E-state index contributed by atoms with van der Waals surface area (Å²) in [5.41, 5.74) is 4.26. The van der Waals surface area contributed by atoms with Crippen LogP contribution in [0.3, 0.4) is 0 Å². The first-order valence-corrected chi connectivity index (χ1v) is 13.7. The molecule has 4 nitrogen and oxygen atoms in total. The third kappa shape index (κ3) is 5.04. The summed E-state index contributed by atoms with van der Waals surface area (Å²) < 4.78 is 18.2. The molecule has 1 heterocycles. The normalized spacial score (nSPS) is 18.6. The first-order chi connectivity index (χ1) is 13.6. The molecule has 1 aromatic carbocycles. The van der Waals surface area contributed by atoms with E-state index in [2.05, 4.69) is 79.0 Å². The monoisotopic (exact) mass is 448 g/mol. The predicted molar refractivity (Wildman–Crippen MR) is 126 cm³/mol. The molecular formula is C24H40O4Si2. The maximum absolute atomic E-state index is 11.7. The third-order valence-corrected chi connectivity index (χ3v) is 7.00. The van der Waals surface area contributed by atoms with Gasteiger partial charge in [0.2, 0.25) is 9.04 Å². The van der Waals surface area contributed by atoms with Gasteiger partial charge in [0, 0.05) is 37.2 Å². The van der Waals surface area contributed by atoms with Crippen molar-refractivity contribution in [3.8, 4) is 5.75 Å². The van der Waals surface area contributed by atoms with E-state index in [9.17, 15) is 5.11 Å². The van der Waals surface area contributed by atoms with Crippen molar-refractivity contribution in [2.45, 2.75) is 98.4 Å². The Balaban J connectivity index is 2.99. The van der Waals surface area contributed by atoms with Crippen LogP contribution < -0.4 is 4.43 Å². The van der Waals surface area contributed by atoms with E-state index in [0.717, 1.165) is 16.7 Å². The predicted octanol–water partition coefficient (Wildman–Crippen LogP) is 5.42. The van der Waals surface area contributed by atoms with E-state index in [0.29, 0.717) is 31.8 Å². The number of hydrogen-bond donors (Lipinski definition) is 1. The number of benzene rings is 1. The van der Waals surface area contributed by atoms with Crippen LogP contribution in [0.25, 0.3) is 0 Å². The first kappa shape index (κ1) is 25.6. The Kier molecular flexibility index (Phi) is 7.73. The summed E-state index contributed by atoms with van der Waals surface area (Å²) in [5.74, 6) is 0.715. The van der Waals surface area contributed by atoms with Crippen molar-refractivity contribution < 1.29 is 18.7 Å². The van der Waals surface area contributed by atoms with Crippen LogP contribution >= 0.6 is 0 Å². The molecule has 168 valence electrons. The Morgan fingerprint density at radius 2 is 1.57 bits per heavy atom. The summed E-state index contributed by atoms with van der Waals surface area (Å²) in [4.78, 5) is 0. The van der Waals surface area contributed by atoms with Crippen LogP contribution in [0.2, 0.25) is 13.1 Å². The number of rotatable bonds is 5. The van der Waals surface area contributed by atoms with Gasteiger partial charge in [-0.1, -0.05) is 41.5 Å². The average molecular weight is 449 g/mol. The second-order valence-electron chi connectivity index (χ2n) is 11.0. The SMILES string of the molecule is Cc1c(C)c(C2(O)CCOCC2)c(O[Si])c(C(O[Si](C)C)C(C)(C)C)c1C(C)(C)C. The van der Waals surface area contributed by atoms with E-state index >= 15 is 0 Å². The average Bonchev–Trinajstić information content (AvgIpc) is 2.59. The van der Waals surface area contributed by atoms with Crippen molar-refractivity contribution in [3.05, 3.63) is 27.8 Å². The second kappa shape index (κ2) is 9.06. The zero-order valence-electron chi connectivity index (χ0n) is 20.6. The fourth-order valence-corrected chi connectivity index (χ4v) is 5.90. The lowest BCUT2D eigenvalue weighted by atomic mass is 9.70. The lowest BCUT2D eigenvalue weighted by Gasteiger charge is -2.42. The van der Waals surface area contributed by atoms with Gasteiger partial charge in [-0.2, -0.15) is 0 Å². The molecule has 1 aliphatic heterocycles. The fraction of sp³-hybridized carbons (Fsp3) is 0.750. The van der Waals surface area contributed by atoms with Crippen molar-refractivity contribution in [3.63, 3.8) is 0 Å². The highest BCUT2D eigenvalue weighted by atomic mass is 28.3. The van der Waals surface area contributed by atoms with E-state index in [1.165, 1.54) is 11.1 Å². The Morgan fingerprint density at radius 3 is 1.97 bits per heavy atom. The summed E-state index contributed by atoms with van der Waals surface area (Å²) in [6, 6.07) is 0. The van der Waals surface area contributed by atoms with Crippen LogP contribution in [0.5, 0.6) is 5.75 Å². The molecule has 1 aliphatic rings. The summed E-state index contributed by atoms with van der Waals surface area (Å²) >= 11 is 0. The molecule has 0 amide bonds. The van der Waals surface area contributed by atoms with Gasteiger partial charge >= 0.3 is 10.5 Å². The van der Waals surface area contributed by atoms with Crippen molar-refractivity contribution >= 4 is 19.5 Å². The number of aliphatic hydroxyl groups is 1. The van der Waals surface area contributed by atoms with Crippen LogP contribution in [-0.2, 0) is 20.2 Å². The van der Waals surface area contributed by atoms with Crippen LogP contribution in [0.15, 0.2) is 0 Å². The molecular weight excluding hydrogens is 408 g/mol. The molecule has 1 aromatic rings. The first-order valence-electron chi connectivity index (χ1n) is 10.9. The second-order valence-corrected chi connectivity index (χ2v) is 13.3. The van der Waals surface area contributed by atoms with E-state index in [1.54, 1.807) is 0 Å². The molecule has 30 heavy (non-hydrogen) atoms. The van der Waals surface area contributed by atoms with Crippen LogP contribution in [0.1, 0.15) is 88.3 Å². The van der Waals surface area contributed by atoms with Crippen LogP contribution in [0, 0.1) is 19.3 Å². The van der Waals surface area contributed by atoms with Crippen molar-refractivity contribution in [1.82, 2.24) is 0 Å². The van der Waals surface area contributed by atoms with Gasteiger partial charge in [0.15, 0.2) is 0 Å².